The van der Waals surface area contributed by atoms with Crippen molar-refractivity contribution >= 4 is 11.8 Å². The van der Waals surface area contributed by atoms with E-state index in [1.165, 1.54) is 16.7 Å². The van der Waals surface area contributed by atoms with Crippen LogP contribution in [0.15, 0.2) is 24.3 Å². The minimum absolute atomic E-state index is 0.0544. The molecule has 5 heteroatoms. The number of rotatable bonds is 3. The molecule has 2 heterocycles. The van der Waals surface area contributed by atoms with Crippen LogP contribution < -0.4 is 5.32 Å². The average Bonchev–Trinajstić information content (AvgIpc) is 2.93. The highest BCUT2D eigenvalue weighted by molar-refractivity contribution is 5.88. The number of aromatic nitrogens is 2. The van der Waals surface area contributed by atoms with E-state index in [0.29, 0.717) is 12.5 Å². The molecule has 2 amide bonds. The number of aryl methyl sites for hydroxylation is 2. The van der Waals surface area contributed by atoms with E-state index in [-0.39, 0.29) is 6.03 Å². The summed E-state index contributed by atoms with van der Waals surface area (Å²) in [4.78, 5) is 14.5. The third kappa shape index (κ3) is 3.16. The lowest BCUT2D eigenvalue weighted by Gasteiger charge is -2.31. The van der Waals surface area contributed by atoms with Crippen LogP contribution in [0.5, 0.6) is 0 Å². The minimum atomic E-state index is -0.0544. The van der Waals surface area contributed by atoms with Gasteiger partial charge in [-0.3, -0.25) is 10.00 Å². The molecule has 0 saturated heterocycles. The maximum atomic E-state index is 12.6. The largest absolute Gasteiger partial charge is 0.323 e. The second-order valence-electron chi connectivity index (χ2n) is 6.74. The number of benzene rings is 1. The molecule has 2 aromatic rings. The van der Waals surface area contributed by atoms with Crippen molar-refractivity contribution in [3.05, 3.63) is 46.6 Å². The first-order valence-corrected chi connectivity index (χ1v) is 8.69. The Morgan fingerprint density at radius 3 is 2.83 bits per heavy atom. The standard InChI is InChI=1S/C19H26N4O/c1-5-15-11-18(22(4)21-15)20-19(24)23-10-9-17-14(12-23)7-6-8-16(17)13(2)3/h6-8,11,13H,5,9-10,12H2,1-4H3,(H,20,24). The van der Waals surface area contributed by atoms with Crippen molar-refractivity contribution in [1.29, 1.82) is 0 Å². The van der Waals surface area contributed by atoms with Gasteiger partial charge in [0.2, 0.25) is 0 Å². The number of nitrogens with zero attached hydrogens (tertiary/aromatic N) is 3. The van der Waals surface area contributed by atoms with Gasteiger partial charge in [-0.1, -0.05) is 39.0 Å². The van der Waals surface area contributed by atoms with E-state index in [1.54, 1.807) is 4.68 Å². The number of carbonyl (C=O) groups excluding carboxylic acids is 1. The Balaban J connectivity index is 1.74. The van der Waals surface area contributed by atoms with Gasteiger partial charge < -0.3 is 4.90 Å². The van der Waals surface area contributed by atoms with Crippen LogP contribution in [0.3, 0.4) is 0 Å². The molecule has 0 aliphatic carbocycles. The van der Waals surface area contributed by atoms with Crippen molar-refractivity contribution < 1.29 is 4.79 Å². The summed E-state index contributed by atoms with van der Waals surface area (Å²) >= 11 is 0. The van der Waals surface area contributed by atoms with Gasteiger partial charge in [0.15, 0.2) is 0 Å². The van der Waals surface area contributed by atoms with E-state index >= 15 is 0 Å². The third-order valence-corrected chi connectivity index (χ3v) is 4.74. The molecule has 0 unspecified atom stereocenters. The first-order valence-electron chi connectivity index (χ1n) is 8.69. The lowest BCUT2D eigenvalue weighted by molar-refractivity contribution is 0.206. The number of carbonyl (C=O) groups is 1. The summed E-state index contributed by atoms with van der Waals surface area (Å²) in [5.41, 5.74) is 5.08. The summed E-state index contributed by atoms with van der Waals surface area (Å²) in [6, 6.07) is 8.33. The van der Waals surface area contributed by atoms with Gasteiger partial charge in [-0.05, 0) is 35.4 Å². The number of fused-ring (bicyclic) bond motifs is 1. The van der Waals surface area contributed by atoms with Gasteiger partial charge >= 0.3 is 6.03 Å². The first-order chi connectivity index (χ1) is 11.5. The highest BCUT2D eigenvalue weighted by Crippen LogP contribution is 2.27. The molecule has 128 valence electrons. The Morgan fingerprint density at radius 1 is 1.38 bits per heavy atom. The van der Waals surface area contributed by atoms with Crippen molar-refractivity contribution in [3.63, 3.8) is 0 Å². The molecule has 24 heavy (non-hydrogen) atoms. The molecule has 1 aromatic heterocycles. The van der Waals surface area contributed by atoms with Crippen LogP contribution in [0.4, 0.5) is 10.6 Å². The van der Waals surface area contributed by atoms with E-state index in [2.05, 4.69) is 49.4 Å². The molecule has 1 N–H and O–H groups in total. The quantitative estimate of drug-likeness (QED) is 0.935. The van der Waals surface area contributed by atoms with Crippen molar-refractivity contribution in [2.24, 2.45) is 7.05 Å². The van der Waals surface area contributed by atoms with Crippen LogP contribution in [0.25, 0.3) is 0 Å². The topological polar surface area (TPSA) is 50.2 Å². The van der Waals surface area contributed by atoms with Crippen molar-refractivity contribution in [2.75, 3.05) is 11.9 Å². The molecular formula is C19H26N4O. The molecule has 3 rings (SSSR count). The maximum absolute atomic E-state index is 12.6. The van der Waals surface area contributed by atoms with E-state index in [0.717, 1.165) is 30.9 Å². The first kappa shape index (κ1) is 16.6. The average molecular weight is 326 g/mol. The summed E-state index contributed by atoms with van der Waals surface area (Å²) in [6.45, 7) is 7.92. The molecule has 0 saturated carbocycles. The zero-order valence-corrected chi connectivity index (χ0v) is 15.0. The fraction of sp³-hybridized carbons (Fsp3) is 0.474. The lowest BCUT2D eigenvalue weighted by atomic mass is 9.89. The molecule has 0 fully saturated rings. The van der Waals surface area contributed by atoms with Gasteiger partial charge in [0.05, 0.1) is 5.69 Å². The molecule has 1 aliphatic heterocycles. The number of anilines is 1. The van der Waals surface area contributed by atoms with E-state index in [9.17, 15) is 4.79 Å². The SMILES string of the molecule is CCc1cc(NC(=O)N2CCc3c(cccc3C(C)C)C2)n(C)n1. The van der Waals surface area contributed by atoms with Crippen LogP contribution in [0, 0.1) is 0 Å². The smallest absolute Gasteiger partial charge is 0.320 e. The van der Waals surface area contributed by atoms with Gasteiger partial charge in [-0.25, -0.2) is 4.79 Å². The fourth-order valence-electron chi connectivity index (χ4n) is 3.36. The normalized spacial score (nSPS) is 14.0. The van der Waals surface area contributed by atoms with Gasteiger partial charge in [-0.15, -0.1) is 0 Å². The number of urea groups is 1. The highest BCUT2D eigenvalue weighted by Gasteiger charge is 2.23. The predicted molar refractivity (Wildman–Crippen MR) is 96.2 cm³/mol. The molecule has 1 aliphatic rings. The number of amides is 2. The second-order valence-corrected chi connectivity index (χ2v) is 6.74. The fourth-order valence-corrected chi connectivity index (χ4v) is 3.36. The monoisotopic (exact) mass is 326 g/mol. The minimum Gasteiger partial charge on any atom is -0.320 e. The third-order valence-electron chi connectivity index (χ3n) is 4.74. The number of nitrogens with one attached hydrogen (secondary N) is 1. The summed E-state index contributed by atoms with van der Waals surface area (Å²) in [7, 11) is 1.86. The van der Waals surface area contributed by atoms with Crippen LogP contribution >= 0.6 is 0 Å². The Labute approximate surface area is 143 Å². The van der Waals surface area contributed by atoms with Gasteiger partial charge in [0.25, 0.3) is 0 Å². The summed E-state index contributed by atoms with van der Waals surface area (Å²) in [5.74, 6) is 1.26. The van der Waals surface area contributed by atoms with E-state index in [4.69, 9.17) is 0 Å². The summed E-state index contributed by atoms with van der Waals surface area (Å²) in [5, 5.41) is 7.37. The molecular weight excluding hydrogens is 300 g/mol. The molecule has 1 aromatic carbocycles. The molecule has 5 nitrogen and oxygen atoms in total. The predicted octanol–water partition coefficient (Wildman–Crippen LogP) is 3.70. The van der Waals surface area contributed by atoms with Gasteiger partial charge in [0.1, 0.15) is 5.82 Å². The Kier molecular flexibility index (Phi) is 4.60. The molecule has 0 atom stereocenters. The van der Waals surface area contributed by atoms with Crippen molar-refractivity contribution in [1.82, 2.24) is 14.7 Å². The summed E-state index contributed by atoms with van der Waals surface area (Å²) in [6.07, 6.45) is 1.78. The summed E-state index contributed by atoms with van der Waals surface area (Å²) < 4.78 is 1.73. The van der Waals surface area contributed by atoms with Crippen LogP contribution in [-0.4, -0.2) is 27.3 Å². The van der Waals surface area contributed by atoms with Crippen LogP contribution in [0.1, 0.15) is 49.1 Å². The molecule has 0 spiro atoms. The van der Waals surface area contributed by atoms with E-state index < -0.39 is 0 Å². The Morgan fingerprint density at radius 2 is 2.17 bits per heavy atom. The Hall–Kier alpha value is -2.30. The second kappa shape index (κ2) is 6.67. The molecule has 0 bridgehead atoms. The Bertz CT molecular complexity index is 748. The highest BCUT2D eigenvalue weighted by atomic mass is 16.2. The molecule has 0 radical (unpaired) electrons. The lowest BCUT2D eigenvalue weighted by Crippen LogP contribution is -2.39. The van der Waals surface area contributed by atoms with E-state index in [1.807, 2.05) is 18.0 Å². The number of hydrogen-bond acceptors (Lipinski definition) is 2. The van der Waals surface area contributed by atoms with Gasteiger partial charge in [0, 0.05) is 26.2 Å². The zero-order chi connectivity index (χ0) is 17.3. The van der Waals surface area contributed by atoms with Crippen LogP contribution in [0.2, 0.25) is 0 Å². The maximum Gasteiger partial charge on any atom is 0.323 e. The van der Waals surface area contributed by atoms with Crippen LogP contribution in [-0.2, 0) is 26.4 Å². The number of hydrogen-bond donors (Lipinski definition) is 1. The van der Waals surface area contributed by atoms with Gasteiger partial charge in [-0.2, -0.15) is 5.10 Å². The van der Waals surface area contributed by atoms with Crippen molar-refractivity contribution in [2.45, 2.75) is 46.1 Å². The van der Waals surface area contributed by atoms with Crippen molar-refractivity contribution in [3.8, 4) is 0 Å². The zero-order valence-electron chi connectivity index (χ0n) is 15.0.